The molecule has 0 unspecified atom stereocenters. The Labute approximate surface area is 222 Å². The molecule has 2 atom stereocenters. The summed E-state index contributed by atoms with van der Waals surface area (Å²) in [4.78, 5) is 3.01. The van der Waals surface area contributed by atoms with Crippen LogP contribution in [0.4, 0.5) is 5.69 Å². The molecule has 1 aliphatic heterocycles. The van der Waals surface area contributed by atoms with E-state index in [1.807, 2.05) is 43.3 Å². The van der Waals surface area contributed by atoms with E-state index in [9.17, 15) is 8.42 Å². The third-order valence-electron chi connectivity index (χ3n) is 8.20. The van der Waals surface area contributed by atoms with E-state index in [1.54, 1.807) is 23.5 Å². The predicted molar refractivity (Wildman–Crippen MR) is 150 cm³/mol. The Bertz CT molecular complexity index is 1290. The first-order chi connectivity index (χ1) is 18.0. The van der Waals surface area contributed by atoms with Gasteiger partial charge >= 0.3 is 0 Å². The van der Waals surface area contributed by atoms with Gasteiger partial charge in [-0.1, -0.05) is 67.4 Å². The zero-order chi connectivity index (χ0) is 25.8. The number of rotatable bonds is 7. The molecule has 1 aliphatic carbocycles. The Hall–Kier alpha value is -2.83. The predicted octanol–water partition coefficient (Wildman–Crippen LogP) is 6.39. The van der Waals surface area contributed by atoms with Gasteiger partial charge in [0.2, 0.25) is 0 Å². The molecule has 0 N–H and O–H groups in total. The summed E-state index contributed by atoms with van der Waals surface area (Å²) in [5.74, 6) is 1.21. The minimum Gasteiger partial charge on any atom is -0.497 e. The van der Waals surface area contributed by atoms with Crippen molar-refractivity contribution < 1.29 is 13.2 Å². The molecule has 196 valence electrons. The first kappa shape index (κ1) is 25.8. The van der Waals surface area contributed by atoms with Gasteiger partial charge in [-0.15, -0.1) is 0 Å². The molecule has 0 bridgehead atoms. The standard InChI is InChI=1S/C31H38N2O3S/c1-24-11-6-9-18-31(24)37(34,35)33(27-14-10-15-28(23-27)36-2)26-19-21-32(22-20-26)30-17-8-7-16-29(30)25-12-4-3-5-13-25/h3-6,9-15,18,23,26,29-30H,7-8,16-17,19-22H2,1-2H3/t29-,30-/m1/s1. The maximum atomic E-state index is 14.1. The van der Waals surface area contributed by atoms with Crippen molar-refractivity contribution in [1.29, 1.82) is 0 Å². The van der Waals surface area contributed by atoms with Crippen LogP contribution in [-0.2, 0) is 10.0 Å². The van der Waals surface area contributed by atoms with Crippen molar-refractivity contribution in [1.82, 2.24) is 4.90 Å². The lowest BCUT2D eigenvalue weighted by Gasteiger charge is -2.45. The van der Waals surface area contributed by atoms with Crippen molar-refractivity contribution >= 4 is 15.7 Å². The highest BCUT2D eigenvalue weighted by atomic mass is 32.2. The lowest BCUT2D eigenvalue weighted by molar-refractivity contribution is 0.107. The summed E-state index contributed by atoms with van der Waals surface area (Å²) in [5.41, 5.74) is 2.87. The van der Waals surface area contributed by atoms with Crippen molar-refractivity contribution in [3.8, 4) is 5.75 Å². The largest absolute Gasteiger partial charge is 0.497 e. The third kappa shape index (κ3) is 5.41. The molecule has 0 amide bonds. The molecule has 2 aliphatic rings. The highest BCUT2D eigenvalue weighted by molar-refractivity contribution is 7.93. The molecule has 0 spiro atoms. The number of piperidine rings is 1. The Morgan fingerprint density at radius 2 is 1.54 bits per heavy atom. The summed E-state index contributed by atoms with van der Waals surface area (Å²) in [6, 6.07) is 26.1. The Kier molecular flexibility index (Phi) is 7.87. The fourth-order valence-electron chi connectivity index (χ4n) is 6.33. The van der Waals surface area contributed by atoms with Gasteiger partial charge in [-0.25, -0.2) is 8.42 Å². The van der Waals surface area contributed by atoms with E-state index >= 15 is 0 Å². The molecule has 3 aromatic rings. The van der Waals surface area contributed by atoms with E-state index in [2.05, 4.69) is 35.2 Å². The van der Waals surface area contributed by atoms with Crippen molar-refractivity contribution in [2.45, 2.75) is 68.3 Å². The quantitative estimate of drug-likeness (QED) is 0.364. The van der Waals surface area contributed by atoms with Crippen molar-refractivity contribution in [2.75, 3.05) is 24.5 Å². The van der Waals surface area contributed by atoms with E-state index in [0.717, 1.165) is 31.5 Å². The van der Waals surface area contributed by atoms with Crippen LogP contribution in [0.1, 0.15) is 55.6 Å². The molecule has 1 saturated carbocycles. The average molecular weight is 519 g/mol. The van der Waals surface area contributed by atoms with Crippen LogP contribution in [-0.4, -0.2) is 45.6 Å². The van der Waals surface area contributed by atoms with Gasteiger partial charge in [0.25, 0.3) is 10.0 Å². The Morgan fingerprint density at radius 3 is 2.27 bits per heavy atom. The number of aryl methyl sites for hydroxylation is 1. The van der Waals surface area contributed by atoms with E-state index in [-0.39, 0.29) is 6.04 Å². The maximum absolute atomic E-state index is 14.1. The van der Waals surface area contributed by atoms with Gasteiger partial charge < -0.3 is 4.74 Å². The second-order valence-corrected chi connectivity index (χ2v) is 12.2. The number of ether oxygens (including phenoxy) is 1. The topological polar surface area (TPSA) is 49.9 Å². The van der Waals surface area contributed by atoms with E-state index in [1.165, 1.54) is 31.2 Å². The van der Waals surface area contributed by atoms with E-state index in [4.69, 9.17) is 4.74 Å². The molecule has 3 aromatic carbocycles. The van der Waals surface area contributed by atoms with Gasteiger partial charge in [-0.3, -0.25) is 9.21 Å². The summed E-state index contributed by atoms with van der Waals surface area (Å²) in [5, 5.41) is 0. The number of likely N-dealkylation sites (tertiary alicyclic amines) is 1. The van der Waals surface area contributed by atoms with Gasteiger partial charge in [0.1, 0.15) is 5.75 Å². The van der Waals surface area contributed by atoms with Gasteiger partial charge in [0.05, 0.1) is 17.7 Å². The molecular formula is C31H38N2O3S. The molecule has 2 fully saturated rings. The molecule has 6 heteroatoms. The number of methoxy groups -OCH3 is 1. The molecular weight excluding hydrogens is 480 g/mol. The third-order valence-corrected chi connectivity index (χ3v) is 10.2. The van der Waals surface area contributed by atoms with Crippen LogP contribution in [0, 0.1) is 6.92 Å². The fraction of sp³-hybridized carbons (Fsp3) is 0.419. The van der Waals surface area contributed by atoms with Crippen LogP contribution in [0.5, 0.6) is 5.75 Å². The van der Waals surface area contributed by atoms with Crippen LogP contribution in [0.15, 0.2) is 83.8 Å². The molecule has 1 saturated heterocycles. The Balaban J connectivity index is 1.42. The minimum atomic E-state index is -3.75. The summed E-state index contributed by atoms with van der Waals surface area (Å²) in [6.07, 6.45) is 6.61. The van der Waals surface area contributed by atoms with Crippen LogP contribution in [0.25, 0.3) is 0 Å². The molecule has 1 heterocycles. The number of hydrogen-bond donors (Lipinski definition) is 0. The zero-order valence-corrected chi connectivity index (χ0v) is 22.7. The average Bonchev–Trinajstić information content (AvgIpc) is 2.94. The van der Waals surface area contributed by atoms with E-state index in [0.29, 0.717) is 28.3 Å². The van der Waals surface area contributed by atoms with Gasteiger partial charge in [-0.2, -0.15) is 0 Å². The zero-order valence-electron chi connectivity index (χ0n) is 21.9. The van der Waals surface area contributed by atoms with Gasteiger partial charge in [-0.05, 0) is 67.9 Å². The summed E-state index contributed by atoms with van der Waals surface area (Å²) in [6.45, 7) is 3.68. The van der Waals surface area contributed by atoms with Crippen LogP contribution < -0.4 is 9.04 Å². The highest BCUT2D eigenvalue weighted by Gasteiger charge is 2.38. The van der Waals surface area contributed by atoms with Crippen molar-refractivity contribution in [2.24, 2.45) is 0 Å². The number of benzene rings is 3. The van der Waals surface area contributed by atoms with Gasteiger partial charge in [0.15, 0.2) is 0 Å². The first-order valence-electron chi connectivity index (χ1n) is 13.5. The van der Waals surface area contributed by atoms with Gasteiger partial charge in [0, 0.05) is 31.2 Å². The summed E-state index contributed by atoms with van der Waals surface area (Å²) >= 11 is 0. The molecule has 5 nitrogen and oxygen atoms in total. The minimum absolute atomic E-state index is 0.105. The lowest BCUT2D eigenvalue weighted by Crippen LogP contribution is -2.51. The summed E-state index contributed by atoms with van der Waals surface area (Å²) in [7, 11) is -2.13. The van der Waals surface area contributed by atoms with Crippen LogP contribution in [0.3, 0.4) is 0 Å². The molecule has 0 radical (unpaired) electrons. The van der Waals surface area contributed by atoms with E-state index < -0.39 is 10.0 Å². The summed E-state index contributed by atoms with van der Waals surface area (Å²) < 4.78 is 35.4. The number of nitrogens with zero attached hydrogens (tertiary/aromatic N) is 2. The number of sulfonamides is 1. The molecule has 37 heavy (non-hydrogen) atoms. The number of anilines is 1. The molecule has 5 rings (SSSR count). The van der Waals surface area contributed by atoms with Crippen molar-refractivity contribution in [3.63, 3.8) is 0 Å². The van der Waals surface area contributed by atoms with Crippen LogP contribution >= 0.6 is 0 Å². The Morgan fingerprint density at radius 1 is 0.838 bits per heavy atom. The SMILES string of the molecule is COc1cccc(N(C2CCN([C@@H]3CCCC[C@@H]3c3ccccc3)CC2)S(=O)(=O)c2ccccc2C)c1. The number of hydrogen-bond acceptors (Lipinski definition) is 4. The normalized spacial score (nSPS) is 21.5. The lowest BCUT2D eigenvalue weighted by atomic mass is 9.78. The fourth-order valence-corrected chi connectivity index (χ4v) is 8.27. The smallest absolute Gasteiger partial charge is 0.264 e. The first-order valence-corrected chi connectivity index (χ1v) is 15.0. The molecule has 0 aromatic heterocycles. The second-order valence-electron chi connectivity index (χ2n) is 10.4. The maximum Gasteiger partial charge on any atom is 0.264 e. The van der Waals surface area contributed by atoms with Crippen LogP contribution in [0.2, 0.25) is 0 Å². The second kappa shape index (κ2) is 11.3. The van der Waals surface area contributed by atoms with Crippen molar-refractivity contribution in [3.05, 3.63) is 90.0 Å². The highest BCUT2D eigenvalue weighted by Crippen LogP contribution is 2.39. The monoisotopic (exact) mass is 518 g/mol.